The third-order valence-corrected chi connectivity index (χ3v) is 15.8. The van der Waals surface area contributed by atoms with Gasteiger partial charge in [-0.1, -0.05) is 124 Å². The molecule has 8 heteroatoms. The van der Waals surface area contributed by atoms with Crippen LogP contribution in [-0.4, -0.2) is 39.7 Å². The second kappa shape index (κ2) is 21.4. The number of fused-ring (bicyclic) bond motifs is 5. The van der Waals surface area contributed by atoms with Crippen LogP contribution < -0.4 is 10.2 Å². The number of nitrogens with one attached hydrogen (secondary N) is 1. The quantitative estimate of drug-likeness (QED) is 0.0755. The molecule has 314 valence electrons. The Morgan fingerprint density at radius 1 is 0.764 bits per heavy atom. The standard InChI is InChI=1S/C47H80N2O6/c1-5-6-7-8-9-10-11-12-13-14-15-16-17-18-19-20-33-48-42(50)26-21-35(2)39-24-25-40-38-23-22-36-34-37(54-45(53)55-49-43(51)27-28-44(49)52)29-31-46(36,3)41(38)30-32-47(39,40)4/h27-28,35-41,51-52H,5-26,29-34H2,1-4H3,(H,48,50)/t35-,36-,37-,38?,39-,40?,41?,46+,47-/m1/s1. The third-order valence-electron chi connectivity index (χ3n) is 15.8. The van der Waals surface area contributed by atoms with Crippen LogP contribution in [0, 0.1) is 46.3 Å². The molecule has 0 aromatic carbocycles. The highest BCUT2D eigenvalue weighted by Gasteiger charge is 2.60. The van der Waals surface area contributed by atoms with Crippen molar-refractivity contribution in [2.24, 2.45) is 46.3 Å². The summed E-state index contributed by atoms with van der Waals surface area (Å²) < 4.78 is 6.40. The molecule has 0 saturated heterocycles. The second-order valence-electron chi connectivity index (χ2n) is 19.3. The minimum Gasteiger partial charge on any atom is -0.492 e. The van der Waals surface area contributed by atoms with Crippen molar-refractivity contribution < 1.29 is 29.4 Å². The average molecular weight is 769 g/mol. The minimum atomic E-state index is -0.892. The first-order chi connectivity index (χ1) is 26.6. The zero-order chi connectivity index (χ0) is 39.3. The van der Waals surface area contributed by atoms with Crippen LogP contribution >= 0.6 is 0 Å². The first kappa shape index (κ1) is 43.7. The summed E-state index contributed by atoms with van der Waals surface area (Å²) >= 11 is 0. The first-order valence-corrected chi connectivity index (χ1v) is 23.3. The van der Waals surface area contributed by atoms with Crippen molar-refractivity contribution in [3.63, 3.8) is 0 Å². The molecule has 0 radical (unpaired) electrons. The van der Waals surface area contributed by atoms with Gasteiger partial charge in [-0.3, -0.25) is 9.63 Å². The van der Waals surface area contributed by atoms with Crippen molar-refractivity contribution >= 4 is 12.1 Å². The molecule has 1 aromatic rings. The van der Waals surface area contributed by atoms with Crippen LogP contribution in [-0.2, 0) is 9.53 Å². The van der Waals surface area contributed by atoms with Gasteiger partial charge >= 0.3 is 6.16 Å². The Morgan fingerprint density at radius 2 is 1.33 bits per heavy atom. The maximum absolute atomic E-state index is 12.9. The molecule has 5 rings (SSSR count). The molecule has 1 heterocycles. The Bertz CT molecular complexity index is 1290. The maximum atomic E-state index is 12.9. The SMILES string of the molecule is CCCCCCCCCCCCCCCCCCNC(=O)CC[C@@H](C)[C@H]1CCC2C3CC[C@@H]4C[C@H](OC(=O)On5c(O)ccc5O)CC[C@]4(C)C3CC[C@@]21C. The number of aromatic hydroxyl groups is 2. The summed E-state index contributed by atoms with van der Waals surface area (Å²) in [6, 6.07) is 2.52. The van der Waals surface area contributed by atoms with E-state index in [1.807, 2.05) is 0 Å². The van der Waals surface area contributed by atoms with Crippen LogP contribution in [0.3, 0.4) is 0 Å². The van der Waals surface area contributed by atoms with E-state index < -0.39 is 6.16 Å². The lowest BCUT2D eigenvalue weighted by Crippen LogP contribution is -2.54. The number of nitrogens with zero attached hydrogens (tertiary/aromatic N) is 1. The average Bonchev–Trinajstić information content (AvgIpc) is 3.69. The number of rotatable bonds is 23. The number of unbranched alkanes of at least 4 members (excludes halogenated alkanes) is 15. The van der Waals surface area contributed by atoms with Crippen molar-refractivity contribution in [2.45, 2.75) is 207 Å². The van der Waals surface area contributed by atoms with Gasteiger partial charge in [0.1, 0.15) is 6.10 Å². The Morgan fingerprint density at radius 3 is 1.95 bits per heavy atom. The van der Waals surface area contributed by atoms with Crippen LogP contribution in [0.25, 0.3) is 0 Å². The van der Waals surface area contributed by atoms with Crippen molar-refractivity contribution in [1.82, 2.24) is 10.0 Å². The van der Waals surface area contributed by atoms with E-state index in [-0.39, 0.29) is 29.2 Å². The molecular weight excluding hydrogens is 689 g/mol. The second-order valence-corrected chi connectivity index (χ2v) is 19.3. The van der Waals surface area contributed by atoms with Crippen LogP contribution in [0.1, 0.15) is 201 Å². The van der Waals surface area contributed by atoms with Gasteiger partial charge in [0.15, 0.2) is 0 Å². The Balaban J connectivity index is 0.931. The third kappa shape index (κ3) is 11.6. The van der Waals surface area contributed by atoms with Gasteiger partial charge in [0.2, 0.25) is 17.7 Å². The van der Waals surface area contributed by atoms with E-state index in [4.69, 9.17) is 9.57 Å². The van der Waals surface area contributed by atoms with Crippen molar-refractivity contribution in [2.75, 3.05) is 6.54 Å². The lowest BCUT2D eigenvalue weighted by atomic mass is 9.44. The highest BCUT2D eigenvalue weighted by atomic mass is 16.8. The molecule has 8 nitrogen and oxygen atoms in total. The van der Waals surface area contributed by atoms with E-state index in [9.17, 15) is 19.8 Å². The predicted octanol–water partition coefficient (Wildman–Crippen LogP) is 12.3. The molecule has 1 aromatic heterocycles. The van der Waals surface area contributed by atoms with E-state index in [1.165, 1.54) is 147 Å². The summed E-state index contributed by atoms with van der Waals surface area (Å²) in [6.07, 6.45) is 32.8. The molecule has 0 spiro atoms. The molecule has 9 atom stereocenters. The van der Waals surface area contributed by atoms with Gasteiger partial charge < -0.3 is 20.3 Å². The van der Waals surface area contributed by atoms with E-state index >= 15 is 0 Å². The molecule has 0 bridgehead atoms. The minimum absolute atomic E-state index is 0.210. The molecule has 4 aliphatic carbocycles. The number of carbonyl (C=O) groups excluding carboxylic acids is 2. The molecule has 3 N–H and O–H groups in total. The molecular formula is C47H80N2O6. The smallest absolute Gasteiger partial charge is 0.492 e. The Labute approximate surface area is 334 Å². The fourth-order valence-corrected chi connectivity index (χ4v) is 12.6. The highest BCUT2D eigenvalue weighted by molar-refractivity contribution is 5.75. The van der Waals surface area contributed by atoms with Gasteiger partial charge in [-0.2, -0.15) is 0 Å². The van der Waals surface area contributed by atoms with Gasteiger partial charge in [0.05, 0.1) is 0 Å². The number of aromatic nitrogens is 1. The number of hydrogen-bond acceptors (Lipinski definition) is 6. The summed E-state index contributed by atoms with van der Waals surface area (Å²) in [5.74, 6) is 3.59. The Kier molecular flexibility index (Phi) is 17.0. The summed E-state index contributed by atoms with van der Waals surface area (Å²) in [7, 11) is 0. The topological polar surface area (TPSA) is 110 Å². The van der Waals surface area contributed by atoms with Crippen LogP contribution in [0.5, 0.6) is 11.8 Å². The van der Waals surface area contributed by atoms with Gasteiger partial charge in [0, 0.05) is 25.1 Å². The summed E-state index contributed by atoms with van der Waals surface area (Å²) in [4.78, 5) is 30.5. The van der Waals surface area contributed by atoms with Gasteiger partial charge in [-0.15, -0.1) is 4.73 Å². The lowest BCUT2D eigenvalue weighted by Gasteiger charge is -2.61. The van der Waals surface area contributed by atoms with Gasteiger partial charge in [-0.25, -0.2) is 4.79 Å². The highest BCUT2D eigenvalue weighted by Crippen LogP contribution is 2.68. The first-order valence-electron chi connectivity index (χ1n) is 23.3. The van der Waals surface area contributed by atoms with Crippen molar-refractivity contribution in [3.8, 4) is 11.8 Å². The summed E-state index contributed by atoms with van der Waals surface area (Å²) in [5, 5.41) is 22.9. The van der Waals surface area contributed by atoms with E-state index in [2.05, 4.69) is 33.0 Å². The molecule has 4 saturated carbocycles. The maximum Gasteiger partial charge on any atom is 0.534 e. The Hall–Kier alpha value is -2.38. The summed E-state index contributed by atoms with van der Waals surface area (Å²) in [5.41, 5.74) is 0.632. The van der Waals surface area contributed by atoms with Crippen LogP contribution in [0.2, 0.25) is 0 Å². The van der Waals surface area contributed by atoms with E-state index in [0.29, 0.717) is 34.3 Å². The lowest BCUT2D eigenvalue weighted by molar-refractivity contribution is -0.133. The normalized spacial score (nSPS) is 30.5. The fraction of sp³-hybridized carbons (Fsp3) is 0.872. The largest absolute Gasteiger partial charge is 0.534 e. The predicted molar refractivity (Wildman–Crippen MR) is 221 cm³/mol. The van der Waals surface area contributed by atoms with E-state index in [0.717, 1.165) is 56.4 Å². The number of amides is 1. The number of carbonyl (C=O) groups is 2. The molecule has 4 fully saturated rings. The van der Waals surface area contributed by atoms with Crippen LogP contribution in [0.4, 0.5) is 4.79 Å². The van der Waals surface area contributed by atoms with Crippen molar-refractivity contribution in [1.29, 1.82) is 0 Å². The molecule has 3 unspecified atom stereocenters. The van der Waals surface area contributed by atoms with Gasteiger partial charge in [0.25, 0.3) is 0 Å². The number of ether oxygens (including phenoxy) is 1. The van der Waals surface area contributed by atoms with Gasteiger partial charge in [-0.05, 0) is 117 Å². The molecule has 0 aliphatic heterocycles. The molecule has 4 aliphatic rings. The fourth-order valence-electron chi connectivity index (χ4n) is 12.6. The summed E-state index contributed by atoms with van der Waals surface area (Å²) in [6.45, 7) is 10.7. The molecule has 55 heavy (non-hydrogen) atoms. The zero-order valence-corrected chi connectivity index (χ0v) is 35.5. The van der Waals surface area contributed by atoms with Crippen molar-refractivity contribution in [3.05, 3.63) is 12.1 Å². The number of hydrogen-bond donors (Lipinski definition) is 3. The van der Waals surface area contributed by atoms with E-state index in [1.54, 1.807) is 0 Å². The van der Waals surface area contributed by atoms with Crippen LogP contribution in [0.15, 0.2) is 12.1 Å². The molecule has 1 amide bonds. The zero-order valence-electron chi connectivity index (χ0n) is 35.5. The monoisotopic (exact) mass is 769 g/mol.